The van der Waals surface area contributed by atoms with Crippen LogP contribution < -0.4 is 52.5 Å². The first-order valence-corrected chi connectivity index (χ1v) is 29.8. The monoisotopic (exact) mass is 1220 g/mol. The van der Waals surface area contributed by atoms with Crippen LogP contribution in [0, 0.1) is 58.2 Å². The normalized spacial score (nSPS) is 14.6. The molecule has 4 amide bonds. The van der Waals surface area contributed by atoms with Crippen LogP contribution >= 0.6 is 0 Å². The van der Waals surface area contributed by atoms with Gasteiger partial charge in [0.15, 0.2) is 23.0 Å². The highest BCUT2D eigenvalue weighted by Crippen LogP contribution is 2.34. The fraction of sp³-hybridized carbons (Fsp3) is 0.688. The summed E-state index contributed by atoms with van der Waals surface area (Å²) >= 11 is 0. The highest BCUT2D eigenvalue weighted by atomic mass is 16.5. The second-order valence-corrected chi connectivity index (χ2v) is 24.8. The number of primary amides is 2. The molecule has 492 valence electrons. The lowest BCUT2D eigenvalue weighted by atomic mass is 9.80. The quantitative estimate of drug-likeness (QED) is 0.0258. The molecular weight excluding hydrogens is 1110 g/mol. The maximum atomic E-state index is 12.9. The lowest BCUT2D eigenvalue weighted by Gasteiger charge is -2.30. The Morgan fingerprint density at radius 3 is 1.09 bits per heavy atom. The molecule has 86 heavy (non-hydrogen) atoms. The molecule has 0 spiro atoms. The molecule has 22 nitrogen and oxygen atoms in total. The first kappa shape index (κ1) is 80.0. The molecule has 0 aliphatic carbocycles. The number of nitrogens with two attached hydrogens (primary N) is 4. The molecule has 8 atom stereocenters. The molecule has 0 bridgehead atoms. The number of carboxylic acids is 2. The van der Waals surface area contributed by atoms with Crippen molar-refractivity contribution in [2.45, 2.75) is 159 Å². The van der Waals surface area contributed by atoms with E-state index in [-0.39, 0.29) is 61.4 Å². The fourth-order valence-corrected chi connectivity index (χ4v) is 8.92. The Morgan fingerprint density at radius 2 is 0.837 bits per heavy atom. The molecule has 0 fully saturated rings. The van der Waals surface area contributed by atoms with Crippen LogP contribution in [0.25, 0.3) is 0 Å². The molecule has 0 unspecified atom stereocenters. The Kier molecular flexibility index (Phi) is 38.3. The van der Waals surface area contributed by atoms with E-state index in [2.05, 4.69) is 38.3 Å². The van der Waals surface area contributed by atoms with E-state index in [4.69, 9.17) is 61.6 Å². The summed E-state index contributed by atoms with van der Waals surface area (Å²) in [5, 5.41) is 43.4. The summed E-state index contributed by atoms with van der Waals surface area (Å²) in [4.78, 5) is 68.2. The lowest BCUT2D eigenvalue weighted by molar-refractivity contribution is -0.134. The zero-order chi connectivity index (χ0) is 66.1. The van der Waals surface area contributed by atoms with Gasteiger partial charge in [0.1, 0.15) is 0 Å². The van der Waals surface area contributed by atoms with Crippen molar-refractivity contribution in [3.05, 3.63) is 59.7 Å². The number of hydrogen-bond acceptors (Lipinski definition) is 16. The number of nitrogens with one attached hydrogen (secondary N) is 2. The number of rotatable bonds is 40. The Bertz CT molecular complexity index is 2200. The van der Waals surface area contributed by atoms with Gasteiger partial charge in [0.05, 0.1) is 50.5 Å². The molecule has 22 heteroatoms. The first-order valence-electron chi connectivity index (χ1n) is 29.8. The summed E-state index contributed by atoms with van der Waals surface area (Å²) in [7, 11) is 6.58. The largest absolute Gasteiger partial charge is 0.493 e. The van der Waals surface area contributed by atoms with Crippen LogP contribution in [-0.4, -0.2) is 148 Å². The van der Waals surface area contributed by atoms with Gasteiger partial charge in [-0.1, -0.05) is 67.5 Å². The van der Waals surface area contributed by atoms with E-state index in [1.165, 1.54) is 0 Å². The van der Waals surface area contributed by atoms with Crippen LogP contribution in [0.5, 0.6) is 23.0 Å². The second kappa shape index (κ2) is 41.2. The summed E-state index contributed by atoms with van der Waals surface area (Å²) in [5.41, 5.74) is 24.4. The highest BCUT2D eigenvalue weighted by molar-refractivity contribution is 5.89. The van der Waals surface area contributed by atoms with E-state index in [1.807, 2.05) is 64.1 Å². The van der Waals surface area contributed by atoms with Gasteiger partial charge < -0.3 is 82.4 Å². The highest BCUT2D eigenvalue weighted by Gasteiger charge is 2.34. The van der Waals surface area contributed by atoms with Gasteiger partial charge in [-0.3, -0.25) is 19.2 Å². The number of amides is 4. The van der Waals surface area contributed by atoms with Crippen molar-refractivity contribution in [1.82, 2.24) is 10.6 Å². The fourth-order valence-electron chi connectivity index (χ4n) is 8.92. The molecule has 0 aromatic heterocycles. The van der Waals surface area contributed by atoms with Crippen molar-refractivity contribution in [2.24, 2.45) is 81.1 Å². The van der Waals surface area contributed by atoms with Gasteiger partial charge in [-0.25, -0.2) is 9.59 Å². The van der Waals surface area contributed by atoms with E-state index in [1.54, 1.807) is 56.1 Å². The van der Waals surface area contributed by atoms with Crippen molar-refractivity contribution in [3.8, 4) is 23.0 Å². The maximum Gasteiger partial charge on any atom is 0.328 e. The molecular formula is C64H110N6O16. The third-order valence-corrected chi connectivity index (χ3v) is 15.4. The van der Waals surface area contributed by atoms with Gasteiger partial charge in [-0.05, 0) is 137 Å². The smallest absolute Gasteiger partial charge is 0.328 e. The molecule has 0 heterocycles. The number of ether oxygens (including phenoxy) is 6. The van der Waals surface area contributed by atoms with Crippen LogP contribution in [0.2, 0.25) is 0 Å². The van der Waals surface area contributed by atoms with Crippen molar-refractivity contribution in [3.63, 3.8) is 0 Å². The number of carbonyl (C=O) groups excluding carboxylic acids is 4. The zero-order valence-electron chi connectivity index (χ0n) is 54.4. The molecule has 2 aromatic carbocycles. The van der Waals surface area contributed by atoms with Gasteiger partial charge in [-0.2, -0.15) is 0 Å². The van der Waals surface area contributed by atoms with Crippen LogP contribution in [0.15, 0.2) is 48.6 Å². The molecule has 2 aromatic rings. The number of aliphatic carboxylic acids is 2. The second-order valence-electron chi connectivity index (χ2n) is 24.8. The number of benzene rings is 2. The van der Waals surface area contributed by atoms with Gasteiger partial charge in [0.2, 0.25) is 23.6 Å². The molecule has 0 aliphatic rings. The van der Waals surface area contributed by atoms with Crippen molar-refractivity contribution < 1.29 is 77.6 Å². The first-order chi connectivity index (χ1) is 40.1. The van der Waals surface area contributed by atoms with Gasteiger partial charge >= 0.3 is 11.9 Å². The Balaban J connectivity index is 0.00000149. The van der Waals surface area contributed by atoms with Crippen LogP contribution in [0.3, 0.4) is 0 Å². The number of hydrogen-bond donors (Lipinski definition) is 10. The third-order valence-electron chi connectivity index (χ3n) is 15.4. The maximum absolute atomic E-state index is 12.9. The van der Waals surface area contributed by atoms with Gasteiger partial charge in [-0.15, -0.1) is 0 Å². The average molecular weight is 1220 g/mol. The summed E-state index contributed by atoms with van der Waals surface area (Å²) in [5.74, 6) is -0.929. The number of carboxylic acid groups (broad SMARTS) is 2. The summed E-state index contributed by atoms with van der Waals surface area (Å²) in [6.07, 6.45) is 4.24. The number of aliphatic hydroxyl groups is 2. The minimum atomic E-state index is -1.26. The van der Waals surface area contributed by atoms with E-state index in [0.29, 0.717) is 86.3 Å². The van der Waals surface area contributed by atoms with E-state index in [9.17, 15) is 39.0 Å². The lowest BCUT2D eigenvalue weighted by Crippen LogP contribution is -2.46. The predicted octanol–water partition coefficient (Wildman–Crippen LogP) is 6.30. The zero-order valence-corrected chi connectivity index (χ0v) is 54.4. The van der Waals surface area contributed by atoms with E-state index >= 15 is 0 Å². The average Bonchev–Trinajstić information content (AvgIpc) is 2.92. The topological polar surface area (TPSA) is 367 Å². The summed E-state index contributed by atoms with van der Waals surface area (Å²) < 4.78 is 33.0. The van der Waals surface area contributed by atoms with Crippen LogP contribution in [0.4, 0.5) is 0 Å². The Morgan fingerprint density at radius 1 is 0.512 bits per heavy atom. The summed E-state index contributed by atoms with van der Waals surface area (Å²) in [6, 6.07) is 10.9. The SMILES string of the molecule is COCCCOc1cc(C[C@@H](C[C@@H](N)[C@H](O)C[C@@H](C(=O)NCC(C)(C)C(N)=O)C(C)C)C(C)C)ccc1OC.COCCCOc1cc(C[C@@H](C[C@@H](N)[C@H](O)C[C@@H](C(=O)NCC(C)(C)C(N)=O)C(C)C)C(C)C)ccc1OC.O=C(O)/C=C/C(=O)O. The number of methoxy groups -OCH3 is 4. The van der Waals surface area contributed by atoms with Crippen molar-refractivity contribution >= 4 is 35.6 Å². The van der Waals surface area contributed by atoms with Crippen LogP contribution in [0.1, 0.15) is 133 Å². The molecule has 0 radical (unpaired) electrons. The van der Waals surface area contributed by atoms with Gasteiger partial charge in [0, 0.05) is 89.4 Å². The molecule has 14 N–H and O–H groups in total. The number of carbonyl (C=O) groups is 6. The predicted molar refractivity (Wildman–Crippen MR) is 333 cm³/mol. The molecule has 2 rings (SSSR count). The molecule has 0 saturated heterocycles. The van der Waals surface area contributed by atoms with Crippen LogP contribution in [-0.2, 0) is 51.1 Å². The minimum absolute atomic E-state index is 0.00829. The van der Waals surface area contributed by atoms with Gasteiger partial charge in [0.25, 0.3) is 0 Å². The Hall–Kier alpha value is -6.04. The minimum Gasteiger partial charge on any atom is -0.493 e. The Labute approximate surface area is 512 Å². The number of aliphatic hydroxyl groups excluding tert-OH is 2. The van der Waals surface area contributed by atoms with E-state index in [0.717, 1.165) is 36.8 Å². The third kappa shape index (κ3) is 31.6. The summed E-state index contributed by atoms with van der Waals surface area (Å²) in [6.45, 7) is 25.7. The van der Waals surface area contributed by atoms with Crippen molar-refractivity contribution in [2.75, 3.05) is 68.0 Å². The van der Waals surface area contributed by atoms with E-state index < -0.39 is 70.7 Å². The standard InChI is InChI=1S/2C30H53N3O6.C4H4O4/c2*1-19(2)22(14-21-10-11-26(38-8)27(15-21)39-13-9-12-37-7)16-24(31)25(34)17-23(20(3)4)28(35)33-18-30(5,6)29(32)36;5-3(6)1-2-4(7)8/h2*10-11,15,19-20,22-25,34H,9,12-14,16-18,31H2,1-8H3,(H2,32,36)(H,33,35);1-2H,(H,5,6)(H,7,8)/b;;2-1+/t2*22-,23+,24+,25+;/m00./s1. The molecule has 0 aliphatic heterocycles. The molecule has 0 saturated carbocycles. The van der Waals surface area contributed by atoms with Crippen molar-refractivity contribution in [1.29, 1.82) is 0 Å².